The summed E-state index contributed by atoms with van der Waals surface area (Å²) < 4.78 is 5.03. The molecule has 2 aromatic carbocycles. The van der Waals surface area contributed by atoms with Crippen LogP contribution < -0.4 is 5.32 Å². The molecule has 0 aliphatic carbocycles. The van der Waals surface area contributed by atoms with Crippen molar-refractivity contribution in [3.8, 4) is 0 Å². The Kier molecular flexibility index (Phi) is 7.77. The van der Waals surface area contributed by atoms with E-state index in [0.717, 1.165) is 12.8 Å². The molecule has 25 heavy (non-hydrogen) atoms. The van der Waals surface area contributed by atoms with Crippen molar-refractivity contribution < 1.29 is 9.53 Å². The molecule has 0 aromatic heterocycles. The normalized spacial score (nSPS) is 13.4. The van der Waals surface area contributed by atoms with E-state index in [1.54, 1.807) is 0 Å². The lowest BCUT2D eigenvalue weighted by Crippen LogP contribution is -2.35. The smallest absolute Gasteiger partial charge is 0.407 e. The summed E-state index contributed by atoms with van der Waals surface area (Å²) in [5.74, 6) is 0.393. The molecule has 2 rings (SSSR count). The van der Waals surface area contributed by atoms with Crippen molar-refractivity contribution in [2.24, 2.45) is 5.92 Å². The number of hydrogen-bond donors (Lipinski definition) is 1. The Morgan fingerprint density at radius 2 is 1.52 bits per heavy atom. The summed E-state index contributed by atoms with van der Waals surface area (Å²) in [6.45, 7) is 4.37. The van der Waals surface area contributed by atoms with Gasteiger partial charge in [0.15, 0.2) is 0 Å². The highest BCUT2D eigenvalue weighted by molar-refractivity contribution is 5.67. The Balaban J connectivity index is 1.99. The van der Waals surface area contributed by atoms with Crippen LogP contribution in [0.2, 0.25) is 0 Å². The maximum Gasteiger partial charge on any atom is 0.407 e. The Morgan fingerprint density at radius 1 is 0.960 bits per heavy atom. The molecule has 0 spiro atoms. The van der Waals surface area contributed by atoms with E-state index >= 15 is 0 Å². The molecule has 2 atom stereocenters. The quantitative estimate of drug-likeness (QED) is 0.704. The number of carbonyl (C=O) groups is 1. The molecule has 3 heteroatoms. The first-order valence-electron chi connectivity index (χ1n) is 8.87. The lowest BCUT2D eigenvalue weighted by atomic mass is 9.98. The van der Waals surface area contributed by atoms with E-state index in [9.17, 15) is 4.79 Å². The highest BCUT2D eigenvalue weighted by Crippen LogP contribution is 2.11. The largest absolute Gasteiger partial charge is 0.450 e. The van der Waals surface area contributed by atoms with E-state index in [1.165, 1.54) is 11.1 Å². The van der Waals surface area contributed by atoms with Gasteiger partial charge in [-0.05, 0) is 36.8 Å². The van der Waals surface area contributed by atoms with Crippen LogP contribution in [0.25, 0.3) is 0 Å². The van der Waals surface area contributed by atoms with E-state index in [2.05, 4.69) is 60.8 Å². The van der Waals surface area contributed by atoms with Crippen molar-refractivity contribution in [3.05, 3.63) is 83.9 Å². The topological polar surface area (TPSA) is 38.3 Å². The molecule has 3 nitrogen and oxygen atoms in total. The summed E-state index contributed by atoms with van der Waals surface area (Å²) in [5, 5.41) is 2.94. The summed E-state index contributed by atoms with van der Waals surface area (Å²) in [5.41, 5.74) is 2.50. The maximum absolute atomic E-state index is 11.8. The highest BCUT2D eigenvalue weighted by atomic mass is 16.5. The molecule has 0 saturated carbocycles. The van der Waals surface area contributed by atoms with Crippen molar-refractivity contribution in [1.82, 2.24) is 5.32 Å². The Morgan fingerprint density at radius 3 is 2.08 bits per heavy atom. The zero-order chi connectivity index (χ0) is 17.9. The zero-order valence-corrected chi connectivity index (χ0v) is 15.0. The van der Waals surface area contributed by atoms with Gasteiger partial charge in [0.1, 0.15) is 0 Å². The van der Waals surface area contributed by atoms with E-state index < -0.39 is 0 Å². The standard InChI is InChI=1S/C22H27NO2/c1-3-25-22(24)23-21(17-20-12-8-5-9-13-20)15-14-18(2)16-19-10-6-4-7-11-19/h4-15,18,21H,3,16-17H2,1-2H3,(H,23,24)/b15-14+/t18-,21-/m1/s1. The number of benzene rings is 2. The molecular weight excluding hydrogens is 310 g/mol. The second kappa shape index (κ2) is 10.3. The fraction of sp³-hybridized carbons (Fsp3) is 0.318. The average molecular weight is 337 g/mol. The first-order valence-corrected chi connectivity index (χ1v) is 8.87. The number of allylic oxidation sites excluding steroid dienone is 1. The molecule has 0 aliphatic heterocycles. The third kappa shape index (κ3) is 7.25. The third-order valence-corrected chi connectivity index (χ3v) is 3.95. The minimum atomic E-state index is -0.371. The maximum atomic E-state index is 11.8. The van der Waals surface area contributed by atoms with Crippen LogP contribution >= 0.6 is 0 Å². The number of amides is 1. The van der Waals surface area contributed by atoms with E-state index in [1.807, 2.05) is 31.2 Å². The van der Waals surface area contributed by atoms with Crippen molar-refractivity contribution in [2.45, 2.75) is 32.7 Å². The van der Waals surface area contributed by atoms with Crippen LogP contribution in [0.4, 0.5) is 4.79 Å². The molecule has 0 saturated heterocycles. The fourth-order valence-electron chi connectivity index (χ4n) is 2.74. The third-order valence-electron chi connectivity index (χ3n) is 3.95. The van der Waals surface area contributed by atoms with Gasteiger partial charge in [-0.15, -0.1) is 0 Å². The summed E-state index contributed by atoms with van der Waals surface area (Å²) in [6.07, 6.45) is 5.61. The van der Waals surface area contributed by atoms with Crippen molar-refractivity contribution in [1.29, 1.82) is 0 Å². The predicted molar refractivity (Wildman–Crippen MR) is 103 cm³/mol. The highest BCUT2D eigenvalue weighted by Gasteiger charge is 2.11. The van der Waals surface area contributed by atoms with Crippen LogP contribution in [-0.2, 0) is 17.6 Å². The van der Waals surface area contributed by atoms with Crippen LogP contribution in [-0.4, -0.2) is 18.7 Å². The van der Waals surface area contributed by atoms with Crippen LogP contribution in [0, 0.1) is 5.92 Å². The lowest BCUT2D eigenvalue weighted by Gasteiger charge is -2.16. The fourth-order valence-corrected chi connectivity index (χ4v) is 2.74. The molecule has 0 radical (unpaired) electrons. The van der Waals surface area contributed by atoms with E-state index in [4.69, 9.17) is 4.74 Å². The SMILES string of the molecule is CCOC(=O)N[C@H](/C=C/[C@@H](C)Cc1ccccc1)Cc1ccccc1. The monoisotopic (exact) mass is 337 g/mol. The molecule has 1 amide bonds. The van der Waals surface area contributed by atoms with E-state index in [0.29, 0.717) is 12.5 Å². The van der Waals surface area contributed by atoms with Gasteiger partial charge in [-0.25, -0.2) is 4.79 Å². The number of nitrogens with one attached hydrogen (secondary N) is 1. The van der Waals surface area contributed by atoms with Crippen LogP contribution in [0.3, 0.4) is 0 Å². The van der Waals surface area contributed by atoms with Crippen LogP contribution in [0.5, 0.6) is 0 Å². The predicted octanol–water partition coefficient (Wildman–Crippen LogP) is 4.78. The molecule has 0 unspecified atom stereocenters. The molecule has 0 heterocycles. The summed E-state index contributed by atoms with van der Waals surface area (Å²) >= 11 is 0. The number of hydrogen-bond acceptors (Lipinski definition) is 2. The Bertz CT molecular complexity index is 652. The number of carbonyl (C=O) groups excluding carboxylic acids is 1. The second-order valence-electron chi connectivity index (χ2n) is 6.21. The Labute approximate surface area is 150 Å². The lowest BCUT2D eigenvalue weighted by molar-refractivity contribution is 0.150. The molecular formula is C22H27NO2. The van der Waals surface area contributed by atoms with Gasteiger partial charge in [0.2, 0.25) is 0 Å². The number of rotatable bonds is 8. The second-order valence-corrected chi connectivity index (χ2v) is 6.21. The molecule has 1 N–H and O–H groups in total. The van der Waals surface area contributed by atoms with Crippen molar-refractivity contribution >= 4 is 6.09 Å². The van der Waals surface area contributed by atoms with Gasteiger partial charge >= 0.3 is 6.09 Å². The van der Waals surface area contributed by atoms with Crippen LogP contribution in [0.1, 0.15) is 25.0 Å². The van der Waals surface area contributed by atoms with Gasteiger partial charge in [0.25, 0.3) is 0 Å². The van der Waals surface area contributed by atoms with Gasteiger partial charge in [0, 0.05) is 0 Å². The van der Waals surface area contributed by atoms with Crippen molar-refractivity contribution in [2.75, 3.05) is 6.61 Å². The van der Waals surface area contributed by atoms with Gasteiger partial charge in [-0.1, -0.05) is 79.7 Å². The van der Waals surface area contributed by atoms with Gasteiger partial charge in [-0.3, -0.25) is 0 Å². The van der Waals surface area contributed by atoms with E-state index in [-0.39, 0.29) is 12.1 Å². The summed E-state index contributed by atoms with van der Waals surface area (Å²) in [6, 6.07) is 20.5. The molecule has 0 fully saturated rings. The summed E-state index contributed by atoms with van der Waals surface area (Å²) in [4.78, 5) is 11.8. The number of ether oxygens (including phenoxy) is 1. The number of alkyl carbamates (subject to hydrolysis) is 1. The van der Waals surface area contributed by atoms with Gasteiger partial charge in [-0.2, -0.15) is 0 Å². The average Bonchev–Trinajstić information content (AvgIpc) is 2.62. The van der Waals surface area contributed by atoms with Gasteiger partial charge < -0.3 is 10.1 Å². The Hall–Kier alpha value is -2.55. The molecule has 132 valence electrons. The molecule has 0 bridgehead atoms. The molecule has 2 aromatic rings. The summed E-state index contributed by atoms with van der Waals surface area (Å²) in [7, 11) is 0. The first-order chi connectivity index (χ1) is 12.2. The molecule has 0 aliphatic rings. The van der Waals surface area contributed by atoms with Crippen molar-refractivity contribution in [3.63, 3.8) is 0 Å². The van der Waals surface area contributed by atoms with Gasteiger partial charge in [0.05, 0.1) is 12.6 Å². The minimum Gasteiger partial charge on any atom is -0.450 e. The van der Waals surface area contributed by atoms with Crippen LogP contribution in [0.15, 0.2) is 72.8 Å². The zero-order valence-electron chi connectivity index (χ0n) is 15.0. The first kappa shape index (κ1) is 18.8. The minimum absolute atomic E-state index is 0.0836.